The maximum Gasteiger partial charge on any atom is 0.229 e. The number of piperidine rings is 1. The SMILES string of the molecule is Cc1cc[n+](CCC(=O)N2CCCCC2C)cc1. The Morgan fingerprint density at radius 3 is 2.78 bits per heavy atom. The Kier molecular flexibility index (Phi) is 4.34. The first-order valence-electron chi connectivity index (χ1n) is 6.92. The van der Waals surface area contributed by atoms with Gasteiger partial charge in [0.05, 0.1) is 6.42 Å². The minimum atomic E-state index is 0.301. The van der Waals surface area contributed by atoms with E-state index >= 15 is 0 Å². The molecule has 3 heteroatoms. The molecule has 0 N–H and O–H groups in total. The second kappa shape index (κ2) is 5.98. The first-order valence-corrected chi connectivity index (χ1v) is 6.92. The Labute approximate surface area is 109 Å². The Hall–Kier alpha value is -1.38. The summed E-state index contributed by atoms with van der Waals surface area (Å²) >= 11 is 0. The van der Waals surface area contributed by atoms with E-state index in [1.54, 1.807) is 0 Å². The zero-order valence-electron chi connectivity index (χ0n) is 11.4. The van der Waals surface area contributed by atoms with Crippen LogP contribution in [0.15, 0.2) is 24.5 Å². The quantitative estimate of drug-likeness (QED) is 0.750. The number of pyridine rings is 1. The smallest absolute Gasteiger partial charge is 0.229 e. The lowest BCUT2D eigenvalue weighted by Crippen LogP contribution is -2.44. The summed E-state index contributed by atoms with van der Waals surface area (Å²) in [6, 6.07) is 4.58. The topological polar surface area (TPSA) is 24.2 Å². The summed E-state index contributed by atoms with van der Waals surface area (Å²) in [5.41, 5.74) is 1.25. The van der Waals surface area contributed by atoms with Gasteiger partial charge < -0.3 is 4.90 Å². The second-order valence-electron chi connectivity index (χ2n) is 5.30. The maximum atomic E-state index is 12.2. The first-order chi connectivity index (χ1) is 8.66. The molecule has 1 unspecified atom stereocenters. The van der Waals surface area contributed by atoms with E-state index in [2.05, 4.69) is 35.4 Å². The molecule has 1 aromatic heterocycles. The summed E-state index contributed by atoms with van der Waals surface area (Å²) in [7, 11) is 0. The minimum Gasteiger partial charge on any atom is -0.340 e. The summed E-state index contributed by atoms with van der Waals surface area (Å²) in [5, 5.41) is 0. The molecule has 1 amide bonds. The predicted molar refractivity (Wildman–Crippen MR) is 71.0 cm³/mol. The number of aryl methyl sites for hydroxylation is 2. The van der Waals surface area contributed by atoms with E-state index < -0.39 is 0 Å². The fourth-order valence-electron chi connectivity index (χ4n) is 2.52. The molecule has 0 aromatic carbocycles. The van der Waals surface area contributed by atoms with Crippen molar-refractivity contribution in [3.8, 4) is 0 Å². The van der Waals surface area contributed by atoms with E-state index in [1.165, 1.54) is 12.0 Å². The highest BCUT2D eigenvalue weighted by atomic mass is 16.2. The number of carbonyl (C=O) groups is 1. The third kappa shape index (κ3) is 3.31. The molecule has 0 bridgehead atoms. The maximum absolute atomic E-state index is 12.2. The Morgan fingerprint density at radius 2 is 2.11 bits per heavy atom. The summed E-state index contributed by atoms with van der Waals surface area (Å²) in [4.78, 5) is 14.2. The molecule has 1 aliphatic heterocycles. The Morgan fingerprint density at radius 1 is 1.39 bits per heavy atom. The van der Waals surface area contributed by atoms with Crippen molar-refractivity contribution in [3.63, 3.8) is 0 Å². The van der Waals surface area contributed by atoms with E-state index in [1.807, 2.05) is 12.4 Å². The van der Waals surface area contributed by atoms with Crippen LogP contribution in [-0.2, 0) is 11.3 Å². The van der Waals surface area contributed by atoms with Gasteiger partial charge in [0.15, 0.2) is 18.9 Å². The molecule has 1 saturated heterocycles. The molecule has 1 atom stereocenters. The van der Waals surface area contributed by atoms with Crippen LogP contribution in [0.4, 0.5) is 0 Å². The second-order valence-corrected chi connectivity index (χ2v) is 5.30. The van der Waals surface area contributed by atoms with Crippen molar-refractivity contribution >= 4 is 5.91 Å². The van der Waals surface area contributed by atoms with Crippen LogP contribution in [-0.4, -0.2) is 23.4 Å². The molecule has 3 nitrogen and oxygen atoms in total. The number of amides is 1. The fourth-order valence-corrected chi connectivity index (χ4v) is 2.52. The number of hydrogen-bond acceptors (Lipinski definition) is 1. The summed E-state index contributed by atoms with van der Waals surface area (Å²) in [5.74, 6) is 0.301. The number of aromatic nitrogens is 1. The van der Waals surface area contributed by atoms with E-state index in [0.29, 0.717) is 18.4 Å². The standard InChI is InChI=1S/C15H23N2O/c1-13-6-10-16(11-7-13)12-8-15(18)17-9-4-3-5-14(17)2/h6-7,10-11,14H,3-5,8-9,12H2,1-2H3/q+1. The predicted octanol–water partition coefficient (Wildman–Crippen LogP) is 2.07. The molecular weight excluding hydrogens is 224 g/mol. The highest BCUT2D eigenvalue weighted by Crippen LogP contribution is 2.17. The van der Waals surface area contributed by atoms with Gasteiger partial charge >= 0.3 is 0 Å². The highest BCUT2D eigenvalue weighted by molar-refractivity contribution is 5.76. The van der Waals surface area contributed by atoms with Crippen molar-refractivity contribution in [1.29, 1.82) is 0 Å². The average molecular weight is 247 g/mol. The van der Waals surface area contributed by atoms with Crippen LogP contribution >= 0.6 is 0 Å². The van der Waals surface area contributed by atoms with Gasteiger partial charge in [-0.25, -0.2) is 4.57 Å². The van der Waals surface area contributed by atoms with Gasteiger partial charge in [0, 0.05) is 24.7 Å². The summed E-state index contributed by atoms with van der Waals surface area (Å²) in [6.45, 7) is 5.96. The number of carbonyl (C=O) groups excluding carboxylic acids is 1. The molecule has 0 spiro atoms. The number of likely N-dealkylation sites (tertiary alicyclic amines) is 1. The van der Waals surface area contributed by atoms with Gasteiger partial charge in [0.1, 0.15) is 0 Å². The first kappa shape index (κ1) is 13.1. The third-order valence-corrected chi connectivity index (χ3v) is 3.76. The number of hydrogen-bond donors (Lipinski definition) is 0. The Balaban J connectivity index is 1.85. The average Bonchev–Trinajstić information content (AvgIpc) is 2.38. The summed E-state index contributed by atoms with van der Waals surface area (Å²) < 4.78 is 2.08. The van der Waals surface area contributed by atoms with Crippen LogP contribution in [0.3, 0.4) is 0 Å². The van der Waals surface area contributed by atoms with Gasteiger partial charge in [-0.15, -0.1) is 0 Å². The molecule has 98 valence electrons. The van der Waals surface area contributed by atoms with Crippen molar-refractivity contribution in [3.05, 3.63) is 30.1 Å². The van der Waals surface area contributed by atoms with Crippen LogP contribution in [0.25, 0.3) is 0 Å². The summed E-state index contributed by atoms with van der Waals surface area (Å²) in [6.07, 6.45) is 8.28. The zero-order chi connectivity index (χ0) is 13.0. The molecule has 0 radical (unpaired) electrons. The lowest BCUT2D eigenvalue weighted by molar-refractivity contribution is -0.696. The molecule has 2 rings (SSSR count). The monoisotopic (exact) mass is 247 g/mol. The van der Waals surface area contributed by atoms with E-state index in [-0.39, 0.29) is 0 Å². The lowest BCUT2D eigenvalue weighted by Gasteiger charge is -2.33. The van der Waals surface area contributed by atoms with Crippen LogP contribution in [0.2, 0.25) is 0 Å². The molecule has 1 aliphatic rings. The molecule has 1 aromatic rings. The van der Waals surface area contributed by atoms with Crippen LogP contribution in [0, 0.1) is 6.92 Å². The van der Waals surface area contributed by atoms with Gasteiger partial charge in [-0.3, -0.25) is 4.79 Å². The molecule has 1 fully saturated rings. The fraction of sp³-hybridized carbons (Fsp3) is 0.600. The van der Waals surface area contributed by atoms with Gasteiger partial charge in [0.25, 0.3) is 0 Å². The Bertz CT molecular complexity index is 399. The van der Waals surface area contributed by atoms with E-state index in [9.17, 15) is 4.79 Å². The van der Waals surface area contributed by atoms with Crippen molar-refractivity contribution in [1.82, 2.24) is 4.90 Å². The van der Waals surface area contributed by atoms with Gasteiger partial charge in [-0.2, -0.15) is 0 Å². The number of rotatable bonds is 3. The third-order valence-electron chi connectivity index (χ3n) is 3.76. The van der Waals surface area contributed by atoms with Crippen LogP contribution in [0.5, 0.6) is 0 Å². The molecule has 0 aliphatic carbocycles. The van der Waals surface area contributed by atoms with Crippen molar-refractivity contribution < 1.29 is 9.36 Å². The highest BCUT2D eigenvalue weighted by Gasteiger charge is 2.23. The van der Waals surface area contributed by atoms with Gasteiger partial charge in [0.2, 0.25) is 5.91 Å². The molecule has 2 heterocycles. The molecular formula is C15H23N2O+. The molecule has 18 heavy (non-hydrogen) atoms. The van der Waals surface area contributed by atoms with Crippen LogP contribution in [0.1, 0.15) is 38.2 Å². The zero-order valence-corrected chi connectivity index (χ0v) is 11.4. The van der Waals surface area contributed by atoms with Crippen molar-refractivity contribution in [2.24, 2.45) is 0 Å². The minimum absolute atomic E-state index is 0.301. The normalized spacial score (nSPS) is 19.9. The van der Waals surface area contributed by atoms with E-state index in [4.69, 9.17) is 0 Å². The number of nitrogens with zero attached hydrogens (tertiary/aromatic N) is 2. The van der Waals surface area contributed by atoms with Gasteiger partial charge in [-0.1, -0.05) is 0 Å². The lowest BCUT2D eigenvalue weighted by atomic mass is 10.0. The molecule has 0 saturated carbocycles. The van der Waals surface area contributed by atoms with E-state index in [0.717, 1.165) is 25.9 Å². The van der Waals surface area contributed by atoms with Gasteiger partial charge in [-0.05, 0) is 38.7 Å². The largest absolute Gasteiger partial charge is 0.340 e. The van der Waals surface area contributed by atoms with Crippen LogP contribution < -0.4 is 4.57 Å². The van der Waals surface area contributed by atoms with Crippen molar-refractivity contribution in [2.45, 2.75) is 52.1 Å². The van der Waals surface area contributed by atoms with Crippen molar-refractivity contribution in [2.75, 3.05) is 6.54 Å².